The van der Waals surface area contributed by atoms with Crippen LogP contribution in [-0.2, 0) is 0 Å². The number of thiazole rings is 1. The number of thiophene rings is 1. The van der Waals surface area contributed by atoms with E-state index in [-0.39, 0.29) is 5.91 Å². The number of aryl methyl sites for hydroxylation is 2. The van der Waals surface area contributed by atoms with E-state index in [1.54, 1.807) is 7.11 Å². The van der Waals surface area contributed by atoms with Gasteiger partial charge in [-0.25, -0.2) is 4.98 Å². The summed E-state index contributed by atoms with van der Waals surface area (Å²) in [5, 5.41) is 3.49. The summed E-state index contributed by atoms with van der Waals surface area (Å²) >= 11 is 2.96. The van der Waals surface area contributed by atoms with Crippen molar-refractivity contribution in [2.24, 2.45) is 0 Å². The average Bonchev–Trinajstić information content (AvgIpc) is 3.13. The van der Waals surface area contributed by atoms with Crippen LogP contribution in [0.5, 0.6) is 5.75 Å². The van der Waals surface area contributed by atoms with E-state index in [4.69, 9.17) is 4.74 Å². The van der Waals surface area contributed by atoms with Gasteiger partial charge >= 0.3 is 0 Å². The van der Waals surface area contributed by atoms with Gasteiger partial charge in [-0.05, 0) is 50.2 Å². The highest BCUT2D eigenvalue weighted by atomic mass is 32.1. The van der Waals surface area contributed by atoms with Crippen LogP contribution in [-0.4, -0.2) is 18.0 Å². The first kappa shape index (κ1) is 15.7. The summed E-state index contributed by atoms with van der Waals surface area (Å²) in [6.45, 7) is 3.99. The molecular formula is C17H16N2O2S2. The first-order chi connectivity index (χ1) is 11.1. The number of benzene rings is 1. The summed E-state index contributed by atoms with van der Waals surface area (Å²) in [5.41, 5.74) is 1.89. The van der Waals surface area contributed by atoms with Crippen LogP contribution < -0.4 is 10.1 Å². The molecule has 1 aromatic carbocycles. The molecule has 3 aromatic rings. The minimum absolute atomic E-state index is 0.113. The molecule has 0 aliphatic heterocycles. The Hall–Kier alpha value is -2.18. The molecule has 0 atom stereocenters. The van der Waals surface area contributed by atoms with E-state index in [0.717, 1.165) is 26.8 Å². The molecule has 2 aromatic heterocycles. The smallest absolute Gasteiger partial charge is 0.267 e. The molecule has 3 rings (SSSR count). The fraction of sp³-hybridized carbons (Fsp3) is 0.176. The van der Waals surface area contributed by atoms with Crippen LogP contribution in [0.15, 0.2) is 36.4 Å². The Morgan fingerprint density at radius 1 is 1.09 bits per heavy atom. The zero-order valence-corrected chi connectivity index (χ0v) is 14.7. The summed E-state index contributed by atoms with van der Waals surface area (Å²) < 4.78 is 5.17. The minimum atomic E-state index is -0.113. The van der Waals surface area contributed by atoms with Crippen LogP contribution in [0.25, 0.3) is 11.3 Å². The van der Waals surface area contributed by atoms with Crippen molar-refractivity contribution in [1.29, 1.82) is 0 Å². The van der Waals surface area contributed by atoms with Crippen LogP contribution in [0.4, 0.5) is 5.13 Å². The number of hydrogen-bond acceptors (Lipinski definition) is 5. The Bertz CT molecular complexity index is 835. The first-order valence-corrected chi connectivity index (χ1v) is 8.70. The Morgan fingerprint density at radius 2 is 1.83 bits per heavy atom. The van der Waals surface area contributed by atoms with Crippen LogP contribution in [0.3, 0.4) is 0 Å². The molecule has 0 bridgehead atoms. The Morgan fingerprint density at radius 3 is 2.43 bits per heavy atom. The van der Waals surface area contributed by atoms with Gasteiger partial charge < -0.3 is 4.74 Å². The van der Waals surface area contributed by atoms with Gasteiger partial charge in [-0.1, -0.05) is 0 Å². The normalized spacial score (nSPS) is 10.6. The maximum absolute atomic E-state index is 12.2. The zero-order chi connectivity index (χ0) is 16.4. The van der Waals surface area contributed by atoms with Crippen molar-refractivity contribution >= 4 is 33.7 Å². The van der Waals surface area contributed by atoms with E-state index in [9.17, 15) is 4.79 Å². The Balaban J connectivity index is 1.81. The fourth-order valence-electron chi connectivity index (χ4n) is 2.18. The number of carbonyl (C=O) groups excluding carboxylic acids is 1. The van der Waals surface area contributed by atoms with Crippen molar-refractivity contribution in [2.45, 2.75) is 13.8 Å². The molecule has 0 fully saturated rings. The quantitative estimate of drug-likeness (QED) is 0.743. The van der Waals surface area contributed by atoms with E-state index in [0.29, 0.717) is 10.0 Å². The third kappa shape index (κ3) is 3.43. The van der Waals surface area contributed by atoms with Gasteiger partial charge in [0.25, 0.3) is 5.91 Å². The maximum Gasteiger partial charge on any atom is 0.267 e. The predicted octanol–water partition coefficient (Wildman–Crippen LogP) is 4.75. The number of rotatable bonds is 4. The van der Waals surface area contributed by atoms with Crippen LogP contribution >= 0.6 is 22.7 Å². The summed E-state index contributed by atoms with van der Waals surface area (Å²) in [6, 6.07) is 11.5. The molecule has 6 heteroatoms. The van der Waals surface area contributed by atoms with Gasteiger partial charge in [0.1, 0.15) is 5.75 Å². The highest BCUT2D eigenvalue weighted by Crippen LogP contribution is 2.31. The van der Waals surface area contributed by atoms with E-state index < -0.39 is 0 Å². The third-order valence-corrected chi connectivity index (χ3v) is 5.23. The number of methoxy groups -OCH3 is 1. The minimum Gasteiger partial charge on any atom is -0.497 e. The van der Waals surface area contributed by atoms with Gasteiger partial charge in [0.2, 0.25) is 0 Å². The number of nitrogens with zero attached hydrogens (tertiary/aromatic N) is 1. The lowest BCUT2D eigenvalue weighted by atomic mass is 10.1. The molecular weight excluding hydrogens is 328 g/mol. The first-order valence-electron chi connectivity index (χ1n) is 7.06. The number of anilines is 1. The van der Waals surface area contributed by atoms with Crippen molar-refractivity contribution in [3.8, 4) is 17.0 Å². The highest BCUT2D eigenvalue weighted by Gasteiger charge is 2.14. The number of carbonyl (C=O) groups is 1. The molecule has 23 heavy (non-hydrogen) atoms. The summed E-state index contributed by atoms with van der Waals surface area (Å²) in [7, 11) is 1.64. The van der Waals surface area contributed by atoms with Gasteiger partial charge in [-0.3, -0.25) is 10.1 Å². The molecule has 1 amide bonds. The van der Waals surface area contributed by atoms with E-state index in [1.807, 2.05) is 50.2 Å². The molecule has 0 saturated carbocycles. The number of aromatic nitrogens is 1. The molecule has 0 saturated heterocycles. The zero-order valence-electron chi connectivity index (χ0n) is 13.0. The molecule has 1 N–H and O–H groups in total. The van der Waals surface area contributed by atoms with Crippen LogP contribution in [0.1, 0.15) is 19.4 Å². The fourth-order valence-corrected chi connectivity index (χ4v) is 3.78. The molecule has 0 aliphatic rings. The van der Waals surface area contributed by atoms with Gasteiger partial charge in [-0.15, -0.1) is 22.7 Å². The number of nitrogens with one attached hydrogen (secondary N) is 1. The topological polar surface area (TPSA) is 51.2 Å². The van der Waals surface area contributed by atoms with Gasteiger partial charge in [0.15, 0.2) is 5.13 Å². The van der Waals surface area contributed by atoms with E-state index in [2.05, 4.69) is 10.3 Å². The Kier molecular flexibility index (Phi) is 4.45. The predicted molar refractivity (Wildman–Crippen MR) is 95.8 cm³/mol. The van der Waals surface area contributed by atoms with Crippen molar-refractivity contribution in [3.63, 3.8) is 0 Å². The summed E-state index contributed by atoms with van der Waals surface area (Å²) in [6.07, 6.45) is 0. The number of amides is 1. The van der Waals surface area contributed by atoms with Crippen molar-refractivity contribution in [3.05, 3.63) is 51.0 Å². The average molecular weight is 344 g/mol. The standard InChI is InChI=1S/C17H16N2O2S2/c1-10-4-9-14(22-10)16(20)19-17-18-15(11(2)23-17)12-5-7-13(21-3)8-6-12/h4-9H,1-3H3,(H,18,19,20). The van der Waals surface area contributed by atoms with Gasteiger partial charge in [0, 0.05) is 15.3 Å². The summed E-state index contributed by atoms with van der Waals surface area (Å²) in [4.78, 5) is 19.6. The SMILES string of the molecule is COc1ccc(-c2nc(NC(=O)c3ccc(C)s3)sc2C)cc1. The maximum atomic E-state index is 12.2. The molecule has 2 heterocycles. The molecule has 118 valence electrons. The van der Waals surface area contributed by atoms with Crippen molar-refractivity contribution in [1.82, 2.24) is 4.98 Å². The second-order valence-electron chi connectivity index (χ2n) is 5.02. The van der Waals surface area contributed by atoms with Crippen molar-refractivity contribution < 1.29 is 9.53 Å². The van der Waals surface area contributed by atoms with Crippen molar-refractivity contribution in [2.75, 3.05) is 12.4 Å². The third-order valence-electron chi connectivity index (χ3n) is 3.34. The van der Waals surface area contributed by atoms with Gasteiger partial charge in [0.05, 0.1) is 17.7 Å². The second kappa shape index (κ2) is 6.52. The number of ether oxygens (including phenoxy) is 1. The summed E-state index contributed by atoms with van der Waals surface area (Å²) in [5.74, 6) is 0.696. The molecule has 0 spiro atoms. The van der Waals surface area contributed by atoms with E-state index >= 15 is 0 Å². The Labute approximate surface area is 142 Å². The largest absolute Gasteiger partial charge is 0.497 e. The van der Waals surface area contributed by atoms with Crippen LogP contribution in [0, 0.1) is 13.8 Å². The number of hydrogen-bond donors (Lipinski definition) is 1. The second-order valence-corrected chi connectivity index (χ2v) is 7.51. The molecule has 0 unspecified atom stereocenters. The molecule has 4 nitrogen and oxygen atoms in total. The lowest BCUT2D eigenvalue weighted by Gasteiger charge is -2.01. The lowest BCUT2D eigenvalue weighted by Crippen LogP contribution is -2.09. The molecule has 0 aliphatic carbocycles. The van der Waals surface area contributed by atoms with Gasteiger partial charge in [-0.2, -0.15) is 0 Å². The molecule has 0 radical (unpaired) electrons. The lowest BCUT2D eigenvalue weighted by molar-refractivity contribution is 0.103. The van der Waals surface area contributed by atoms with Crippen LogP contribution in [0.2, 0.25) is 0 Å². The monoisotopic (exact) mass is 344 g/mol. The van der Waals surface area contributed by atoms with E-state index in [1.165, 1.54) is 22.7 Å². The highest BCUT2D eigenvalue weighted by molar-refractivity contribution is 7.16.